The number of fused-ring (bicyclic) bond motifs is 3. The highest BCUT2D eigenvalue weighted by atomic mass is 35.5. The first-order valence-corrected chi connectivity index (χ1v) is 6.28. The number of hydrogen-bond acceptors (Lipinski definition) is 5. The average molecular weight is 293 g/mol. The van der Waals surface area contributed by atoms with Crippen molar-refractivity contribution in [1.82, 2.24) is 4.90 Å². The molecule has 3 heterocycles. The topological polar surface area (TPSA) is 99.4 Å². The fraction of sp³-hybridized carbons (Fsp3) is 0.727. The fourth-order valence-corrected chi connectivity index (χ4v) is 2.71. The van der Waals surface area contributed by atoms with Crippen LogP contribution in [0, 0.1) is 11.8 Å². The molecule has 0 saturated carbocycles. The van der Waals surface area contributed by atoms with E-state index in [-0.39, 0.29) is 0 Å². The predicted octanol–water partition coefficient (Wildman–Crippen LogP) is 0.682. The SMILES string of the molecule is CON=C(Cl)C1CN2CCC1CC2.O=C(O)C(=O)O. The van der Waals surface area contributed by atoms with Crippen LogP contribution in [0.15, 0.2) is 5.16 Å². The summed E-state index contributed by atoms with van der Waals surface area (Å²) >= 11 is 6.05. The highest BCUT2D eigenvalue weighted by Crippen LogP contribution is 2.33. The maximum Gasteiger partial charge on any atom is 0.414 e. The van der Waals surface area contributed by atoms with Gasteiger partial charge in [-0.05, 0) is 31.8 Å². The number of oxime groups is 1. The molecule has 0 aliphatic carbocycles. The summed E-state index contributed by atoms with van der Waals surface area (Å²) < 4.78 is 0. The van der Waals surface area contributed by atoms with Gasteiger partial charge in [-0.25, -0.2) is 9.59 Å². The molecule has 2 bridgehead atoms. The van der Waals surface area contributed by atoms with Gasteiger partial charge in [-0.15, -0.1) is 0 Å². The Kier molecular flexibility index (Phi) is 6.04. The van der Waals surface area contributed by atoms with E-state index >= 15 is 0 Å². The smallest absolute Gasteiger partial charge is 0.414 e. The van der Waals surface area contributed by atoms with Crippen molar-refractivity contribution in [3.63, 3.8) is 0 Å². The van der Waals surface area contributed by atoms with E-state index in [4.69, 9.17) is 36.2 Å². The Bertz CT molecular complexity index is 354. The van der Waals surface area contributed by atoms with Crippen LogP contribution < -0.4 is 0 Å². The van der Waals surface area contributed by atoms with Gasteiger partial charge in [0.05, 0.1) is 0 Å². The van der Waals surface area contributed by atoms with Gasteiger partial charge in [0.1, 0.15) is 12.3 Å². The molecular weight excluding hydrogens is 276 g/mol. The molecule has 3 aliphatic rings. The highest BCUT2D eigenvalue weighted by molar-refractivity contribution is 6.65. The second-order valence-electron chi connectivity index (χ2n) is 4.45. The van der Waals surface area contributed by atoms with E-state index < -0.39 is 11.9 Å². The van der Waals surface area contributed by atoms with Gasteiger partial charge in [-0.2, -0.15) is 0 Å². The Balaban J connectivity index is 0.000000258. The molecule has 3 aliphatic heterocycles. The van der Waals surface area contributed by atoms with Gasteiger partial charge in [0.2, 0.25) is 0 Å². The molecule has 108 valence electrons. The molecule has 0 aromatic rings. The molecule has 0 radical (unpaired) electrons. The van der Waals surface area contributed by atoms with Crippen molar-refractivity contribution >= 4 is 28.7 Å². The number of aliphatic carboxylic acids is 2. The summed E-state index contributed by atoms with van der Waals surface area (Å²) in [6.07, 6.45) is 2.53. The van der Waals surface area contributed by atoms with Gasteiger partial charge >= 0.3 is 11.9 Å². The van der Waals surface area contributed by atoms with Gasteiger partial charge in [0.25, 0.3) is 0 Å². The maximum atomic E-state index is 9.10. The summed E-state index contributed by atoms with van der Waals surface area (Å²) in [5.41, 5.74) is 0. The molecule has 19 heavy (non-hydrogen) atoms. The number of rotatable bonds is 2. The van der Waals surface area contributed by atoms with Crippen LogP contribution in [0.1, 0.15) is 12.8 Å². The lowest BCUT2D eigenvalue weighted by Gasteiger charge is -2.43. The monoisotopic (exact) mass is 292 g/mol. The number of halogens is 1. The number of carboxylic acid groups (broad SMARTS) is 2. The van der Waals surface area contributed by atoms with Crippen molar-refractivity contribution in [2.24, 2.45) is 17.0 Å². The molecule has 2 N–H and O–H groups in total. The first-order valence-electron chi connectivity index (χ1n) is 5.90. The van der Waals surface area contributed by atoms with Crippen molar-refractivity contribution in [3.8, 4) is 0 Å². The van der Waals surface area contributed by atoms with Crippen molar-refractivity contribution in [1.29, 1.82) is 0 Å². The maximum absolute atomic E-state index is 9.10. The first-order chi connectivity index (χ1) is 8.95. The van der Waals surface area contributed by atoms with Gasteiger partial charge in [0, 0.05) is 12.5 Å². The van der Waals surface area contributed by atoms with E-state index in [9.17, 15) is 0 Å². The van der Waals surface area contributed by atoms with Crippen LogP contribution in [-0.2, 0) is 14.4 Å². The van der Waals surface area contributed by atoms with E-state index in [1.54, 1.807) is 7.11 Å². The number of hydrogen-bond donors (Lipinski definition) is 2. The zero-order valence-electron chi connectivity index (χ0n) is 10.6. The Labute approximate surface area is 115 Å². The largest absolute Gasteiger partial charge is 0.473 e. The molecule has 7 nitrogen and oxygen atoms in total. The van der Waals surface area contributed by atoms with E-state index in [0.717, 1.165) is 12.5 Å². The molecule has 0 aromatic carbocycles. The number of carboxylic acids is 2. The van der Waals surface area contributed by atoms with Gasteiger partial charge < -0.3 is 20.0 Å². The third-order valence-electron chi connectivity index (χ3n) is 3.32. The zero-order chi connectivity index (χ0) is 14.4. The Hall–Kier alpha value is -1.34. The minimum Gasteiger partial charge on any atom is -0.473 e. The summed E-state index contributed by atoms with van der Waals surface area (Å²) in [6.45, 7) is 3.53. The van der Waals surface area contributed by atoms with Crippen molar-refractivity contribution in [2.45, 2.75) is 12.8 Å². The number of nitrogens with zero attached hydrogens (tertiary/aromatic N) is 2. The molecule has 1 unspecified atom stereocenters. The zero-order valence-corrected chi connectivity index (χ0v) is 11.3. The Morgan fingerprint density at radius 3 is 2.11 bits per heavy atom. The van der Waals surface area contributed by atoms with Crippen LogP contribution in [-0.4, -0.2) is 59.0 Å². The molecule has 3 saturated heterocycles. The minimum absolute atomic E-state index is 0.420. The fourth-order valence-electron chi connectivity index (χ4n) is 2.39. The third-order valence-corrected chi connectivity index (χ3v) is 3.67. The van der Waals surface area contributed by atoms with Gasteiger partial charge in [-0.1, -0.05) is 16.8 Å². The molecule has 0 aromatic heterocycles. The van der Waals surface area contributed by atoms with Crippen LogP contribution in [0.3, 0.4) is 0 Å². The van der Waals surface area contributed by atoms with E-state index in [1.807, 2.05) is 0 Å². The van der Waals surface area contributed by atoms with Crippen molar-refractivity contribution in [3.05, 3.63) is 0 Å². The minimum atomic E-state index is -1.82. The van der Waals surface area contributed by atoms with Crippen molar-refractivity contribution in [2.75, 3.05) is 26.7 Å². The lowest BCUT2D eigenvalue weighted by molar-refractivity contribution is -0.159. The third kappa shape index (κ3) is 4.68. The standard InChI is InChI=1S/C9H15ClN2O.C2H2O4/c1-13-11-9(10)8-6-12-4-2-7(8)3-5-12;3-1(4)2(5)6/h7-8H,2-6H2,1H3;(H,3,4)(H,5,6). The Morgan fingerprint density at radius 2 is 1.79 bits per heavy atom. The molecule has 3 rings (SSSR count). The molecule has 3 fully saturated rings. The molecule has 0 spiro atoms. The summed E-state index contributed by atoms with van der Waals surface area (Å²) in [4.78, 5) is 25.4. The number of piperidine rings is 3. The summed E-state index contributed by atoms with van der Waals surface area (Å²) in [5, 5.41) is 19.3. The molecular formula is C11H17ClN2O5. The second-order valence-corrected chi connectivity index (χ2v) is 4.84. The predicted molar refractivity (Wildman–Crippen MR) is 68.2 cm³/mol. The molecule has 0 amide bonds. The van der Waals surface area contributed by atoms with E-state index in [2.05, 4.69) is 10.1 Å². The quantitative estimate of drug-likeness (QED) is 0.441. The van der Waals surface area contributed by atoms with Gasteiger partial charge in [0.15, 0.2) is 0 Å². The normalized spacial score (nSPS) is 29.2. The highest BCUT2D eigenvalue weighted by Gasteiger charge is 2.36. The lowest BCUT2D eigenvalue weighted by Crippen LogP contribution is -2.49. The van der Waals surface area contributed by atoms with Crippen LogP contribution >= 0.6 is 11.6 Å². The van der Waals surface area contributed by atoms with Crippen molar-refractivity contribution < 1.29 is 24.6 Å². The van der Waals surface area contributed by atoms with E-state index in [0.29, 0.717) is 11.1 Å². The van der Waals surface area contributed by atoms with Crippen LogP contribution in [0.2, 0.25) is 0 Å². The van der Waals surface area contributed by atoms with Crippen LogP contribution in [0.4, 0.5) is 0 Å². The van der Waals surface area contributed by atoms with Gasteiger partial charge in [-0.3, -0.25) is 0 Å². The Morgan fingerprint density at radius 1 is 1.26 bits per heavy atom. The summed E-state index contributed by atoms with van der Waals surface area (Å²) in [5.74, 6) is -2.49. The summed E-state index contributed by atoms with van der Waals surface area (Å²) in [6, 6.07) is 0. The molecule has 8 heteroatoms. The van der Waals surface area contributed by atoms with Crippen LogP contribution in [0.5, 0.6) is 0 Å². The first kappa shape index (κ1) is 15.7. The molecule has 1 atom stereocenters. The summed E-state index contributed by atoms with van der Waals surface area (Å²) in [7, 11) is 1.55. The van der Waals surface area contributed by atoms with E-state index in [1.165, 1.54) is 25.9 Å². The van der Waals surface area contributed by atoms with Crippen LogP contribution in [0.25, 0.3) is 0 Å². The lowest BCUT2D eigenvalue weighted by atomic mass is 9.80. The average Bonchev–Trinajstić information content (AvgIpc) is 2.41. The second kappa shape index (κ2) is 7.30. The number of carbonyl (C=O) groups is 2.